The maximum absolute atomic E-state index is 12.5. The molecule has 0 aromatic heterocycles. The maximum Gasteiger partial charge on any atom is 0.310 e. The Morgan fingerprint density at radius 3 is 2.74 bits per heavy atom. The Kier molecular flexibility index (Phi) is 3.88. The molecule has 1 unspecified atom stereocenters. The van der Waals surface area contributed by atoms with E-state index in [-0.39, 0.29) is 17.8 Å². The number of esters is 1. The molecule has 1 aromatic carbocycles. The van der Waals surface area contributed by atoms with Crippen LogP contribution >= 0.6 is 0 Å². The minimum atomic E-state index is -0.226. The van der Waals surface area contributed by atoms with Gasteiger partial charge in [-0.05, 0) is 31.9 Å². The summed E-state index contributed by atoms with van der Waals surface area (Å²) in [5.41, 5.74) is 2.76. The summed E-state index contributed by atoms with van der Waals surface area (Å²) in [6.45, 7) is 4.98. The fourth-order valence-electron chi connectivity index (χ4n) is 2.44. The first-order valence-electron chi connectivity index (χ1n) is 6.47. The fourth-order valence-corrected chi connectivity index (χ4v) is 2.44. The summed E-state index contributed by atoms with van der Waals surface area (Å²) in [6, 6.07) is 5.85. The number of aryl methyl sites for hydroxylation is 2. The smallest absolute Gasteiger partial charge is 0.310 e. The van der Waals surface area contributed by atoms with E-state index in [2.05, 4.69) is 0 Å². The van der Waals surface area contributed by atoms with Crippen LogP contribution in [-0.2, 0) is 9.53 Å². The molecule has 102 valence electrons. The molecule has 4 nitrogen and oxygen atoms in total. The van der Waals surface area contributed by atoms with Gasteiger partial charge in [-0.25, -0.2) is 0 Å². The van der Waals surface area contributed by atoms with Crippen LogP contribution in [0.4, 0.5) is 0 Å². The van der Waals surface area contributed by atoms with Crippen LogP contribution in [-0.4, -0.2) is 37.0 Å². The van der Waals surface area contributed by atoms with Crippen LogP contribution in [0.15, 0.2) is 18.2 Å². The highest BCUT2D eigenvalue weighted by atomic mass is 16.5. The van der Waals surface area contributed by atoms with E-state index in [0.29, 0.717) is 19.5 Å². The fraction of sp³-hybridized carbons (Fsp3) is 0.467. The Bertz CT molecular complexity index is 510. The third-order valence-electron chi connectivity index (χ3n) is 3.63. The maximum atomic E-state index is 12.5. The van der Waals surface area contributed by atoms with Crippen molar-refractivity contribution in [2.45, 2.75) is 20.3 Å². The van der Waals surface area contributed by atoms with Gasteiger partial charge in [0.05, 0.1) is 13.0 Å². The summed E-state index contributed by atoms with van der Waals surface area (Å²) in [4.78, 5) is 25.7. The van der Waals surface area contributed by atoms with Crippen LogP contribution in [0.1, 0.15) is 27.9 Å². The molecule has 1 saturated heterocycles. The first-order chi connectivity index (χ1) is 9.02. The molecule has 0 radical (unpaired) electrons. The average molecular weight is 261 g/mol. The lowest BCUT2D eigenvalue weighted by Gasteiger charge is -2.17. The van der Waals surface area contributed by atoms with Crippen molar-refractivity contribution in [3.63, 3.8) is 0 Å². The van der Waals surface area contributed by atoms with Crippen LogP contribution in [0.5, 0.6) is 0 Å². The third-order valence-corrected chi connectivity index (χ3v) is 3.63. The standard InChI is InChI=1S/C15H19NO3/c1-10-4-5-11(2)13(8-10)14(17)16-7-6-12(9-16)15(18)19-3/h4-5,8,12H,6-7,9H2,1-3H3. The topological polar surface area (TPSA) is 46.6 Å². The van der Waals surface area contributed by atoms with E-state index < -0.39 is 0 Å². The van der Waals surface area contributed by atoms with Gasteiger partial charge in [0, 0.05) is 18.7 Å². The lowest BCUT2D eigenvalue weighted by atomic mass is 10.0. The molecular formula is C15H19NO3. The van der Waals surface area contributed by atoms with Crippen LogP contribution < -0.4 is 0 Å². The minimum absolute atomic E-state index is 0.00704. The molecule has 0 aliphatic carbocycles. The van der Waals surface area contributed by atoms with Crippen LogP contribution in [0, 0.1) is 19.8 Å². The van der Waals surface area contributed by atoms with E-state index >= 15 is 0 Å². The Labute approximate surface area is 113 Å². The van der Waals surface area contributed by atoms with Gasteiger partial charge in [0.1, 0.15) is 0 Å². The molecule has 1 fully saturated rings. The summed E-state index contributed by atoms with van der Waals surface area (Å²) in [6.07, 6.45) is 0.684. The molecule has 0 saturated carbocycles. The lowest BCUT2D eigenvalue weighted by molar-refractivity contribution is -0.144. The summed E-state index contributed by atoms with van der Waals surface area (Å²) in [7, 11) is 1.39. The van der Waals surface area contributed by atoms with Gasteiger partial charge in [0.25, 0.3) is 5.91 Å². The number of nitrogens with zero attached hydrogens (tertiary/aromatic N) is 1. The van der Waals surface area contributed by atoms with E-state index in [1.807, 2.05) is 32.0 Å². The number of ether oxygens (including phenoxy) is 1. The van der Waals surface area contributed by atoms with Gasteiger partial charge in [-0.1, -0.05) is 17.7 Å². The molecule has 1 atom stereocenters. The zero-order chi connectivity index (χ0) is 14.0. The van der Waals surface area contributed by atoms with Crippen molar-refractivity contribution in [3.05, 3.63) is 34.9 Å². The van der Waals surface area contributed by atoms with Crippen molar-refractivity contribution < 1.29 is 14.3 Å². The van der Waals surface area contributed by atoms with Gasteiger partial charge in [-0.3, -0.25) is 9.59 Å². The quantitative estimate of drug-likeness (QED) is 0.764. The van der Waals surface area contributed by atoms with E-state index in [4.69, 9.17) is 4.74 Å². The predicted molar refractivity (Wildman–Crippen MR) is 71.9 cm³/mol. The van der Waals surface area contributed by atoms with Gasteiger partial charge in [0.2, 0.25) is 0 Å². The molecule has 0 bridgehead atoms. The molecule has 0 N–H and O–H groups in total. The predicted octanol–water partition coefficient (Wildman–Crippen LogP) is 1.94. The van der Waals surface area contributed by atoms with Gasteiger partial charge >= 0.3 is 5.97 Å². The summed E-state index contributed by atoms with van der Waals surface area (Å²) < 4.78 is 4.73. The van der Waals surface area contributed by atoms with Crippen molar-refractivity contribution in [1.82, 2.24) is 4.90 Å². The zero-order valence-corrected chi connectivity index (χ0v) is 11.6. The summed E-state index contributed by atoms with van der Waals surface area (Å²) >= 11 is 0. The highest BCUT2D eigenvalue weighted by Gasteiger charge is 2.32. The number of likely N-dealkylation sites (tertiary alicyclic amines) is 1. The normalized spacial score (nSPS) is 18.5. The molecule has 1 amide bonds. The molecule has 4 heteroatoms. The number of hydrogen-bond acceptors (Lipinski definition) is 3. The third kappa shape index (κ3) is 2.78. The van der Waals surface area contributed by atoms with Crippen molar-refractivity contribution in [2.24, 2.45) is 5.92 Å². The van der Waals surface area contributed by atoms with Crippen LogP contribution in [0.25, 0.3) is 0 Å². The first-order valence-corrected chi connectivity index (χ1v) is 6.47. The molecule has 1 aliphatic heterocycles. The molecule has 0 spiro atoms. The number of rotatable bonds is 2. The molecular weight excluding hydrogens is 242 g/mol. The van der Waals surface area contributed by atoms with Crippen molar-refractivity contribution >= 4 is 11.9 Å². The second-order valence-electron chi connectivity index (χ2n) is 5.08. The second kappa shape index (κ2) is 5.43. The molecule has 1 aliphatic rings. The largest absolute Gasteiger partial charge is 0.469 e. The number of hydrogen-bond donors (Lipinski definition) is 0. The minimum Gasteiger partial charge on any atom is -0.469 e. The van der Waals surface area contributed by atoms with E-state index in [1.165, 1.54) is 7.11 Å². The van der Waals surface area contributed by atoms with E-state index in [1.54, 1.807) is 4.90 Å². The van der Waals surface area contributed by atoms with E-state index in [9.17, 15) is 9.59 Å². The Morgan fingerprint density at radius 1 is 1.32 bits per heavy atom. The van der Waals surface area contributed by atoms with Crippen molar-refractivity contribution in [1.29, 1.82) is 0 Å². The number of carbonyl (C=O) groups is 2. The van der Waals surface area contributed by atoms with Crippen LogP contribution in [0.2, 0.25) is 0 Å². The van der Waals surface area contributed by atoms with E-state index in [0.717, 1.165) is 16.7 Å². The van der Waals surface area contributed by atoms with Gasteiger partial charge < -0.3 is 9.64 Å². The first kappa shape index (κ1) is 13.6. The SMILES string of the molecule is COC(=O)C1CCN(C(=O)c2cc(C)ccc2C)C1. The van der Waals surface area contributed by atoms with Crippen LogP contribution in [0.3, 0.4) is 0 Å². The lowest BCUT2D eigenvalue weighted by Crippen LogP contribution is -2.30. The Morgan fingerprint density at radius 2 is 2.05 bits per heavy atom. The highest BCUT2D eigenvalue weighted by Crippen LogP contribution is 2.21. The van der Waals surface area contributed by atoms with Crippen molar-refractivity contribution in [2.75, 3.05) is 20.2 Å². The number of carbonyl (C=O) groups excluding carboxylic acids is 2. The van der Waals surface area contributed by atoms with Gasteiger partial charge in [-0.15, -0.1) is 0 Å². The Balaban J connectivity index is 2.13. The zero-order valence-electron chi connectivity index (χ0n) is 11.6. The monoisotopic (exact) mass is 261 g/mol. The van der Waals surface area contributed by atoms with Gasteiger partial charge in [0.15, 0.2) is 0 Å². The second-order valence-corrected chi connectivity index (χ2v) is 5.08. The number of methoxy groups -OCH3 is 1. The number of benzene rings is 1. The molecule has 1 heterocycles. The molecule has 2 rings (SSSR count). The van der Waals surface area contributed by atoms with Crippen molar-refractivity contribution in [3.8, 4) is 0 Å². The number of amides is 1. The van der Waals surface area contributed by atoms with Gasteiger partial charge in [-0.2, -0.15) is 0 Å². The summed E-state index contributed by atoms with van der Waals surface area (Å²) in [5.74, 6) is -0.400. The highest BCUT2D eigenvalue weighted by molar-refractivity contribution is 5.96. The summed E-state index contributed by atoms with van der Waals surface area (Å²) in [5, 5.41) is 0. The Hall–Kier alpha value is -1.84. The molecule has 1 aromatic rings. The average Bonchev–Trinajstić information content (AvgIpc) is 2.89. The molecule has 19 heavy (non-hydrogen) atoms.